The number of rotatable bonds is 3. The minimum atomic E-state index is -0.701. The summed E-state index contributed by atoms with van der Waals surface area (Å²) in [5.41, 5.74) is 0.0468. The third-order valence-electron chi connectivity index (χ3n) is 2.96. The Morgan fingerprint density at radius 3 is 3.24 bits per heavy atom. The van der Waals surface area contributed by atoms with E-state index in [1.807, 2.05) is 0 Å². The fourth-order valence-electron chi connectivity index (χ4n) is 2.10. The lowest BCUT2D eigenvalue weighted by atomic mass is 10.1. The van der Waals surface area contributed by atoms with Gasteiger partial charge < -0.3 is 9.64 Å². The van der Waals surface area contributed by atoms with Gasteiger partial charge >= 0.3 is 0 Å². The van der Waals surface area contributed by atoms with Crippen molar-refractivity contribution < 1.29 is 13.9 Å². The van der Waals surface area contributed by atoms with Gasteiger partial charge in [0, 0.05) is 32.3 Å². The van der Waals surface area contributed by atoms with Gasteiger partial charge in [0.15, 0.2) is 0 Å². The van der Waals surface area contributed by atoms with E-state index in [9.17, 15) is 9.18 Å². The molecule has 5 heteroatoms. The molecule has 1 amide bonds. The van der Waals surface area contributed by atoms with Gasteiger partial charge in [-0.15, -0.1) is 0 Å². The van der Waals surface area contributed by atoms with Crippen molar-refractivity contribution in [2.45, 2.75) is 6.42 Å². The van der Waals surface area contributed by atoms with Crippen LogP contribution in [0, 0.1) is 11.9 Å². The molecule has 0 bridgehead atoms. The van der Waals surface area contributed by atoms with Crippen LogP contribution in [0.1, 0.15) is 16.8 Å². The number of ether oxygens (including phenoxy) is 1. The molecule has 1 aromatic heterocycles. The molecule has 0 N–H and O–H groups in total. The highest BCUT2D eigenvalue weighted by atomic mass is 19.1. The van der Waals surface area contributed by atoms with Crippen molar-refractivity contribution in [3.63, 3.8) is 0 Å². The maximum atomic E-state index is 13.4. The third-order valence-corrected chi connectivity index (χ3v) is 2.96. The first-order valence-electron chi connectivity index (χ1n) is 5.61. The van der Waals surface area contributed by atoms with Gasteiger partial charge in [0.2, 0.25) is 5.95 Å². The Hall–Kier alpha value is -1.49. The number of likely N-dealkylation sites (tertiary alicyclic amines) is 1. The fourth-order valence-corrected chi connectivity index (χ4v) is 2.10. The number of hydrogen-bond acceptors (Lipinski definition) is 3. The van der Waals surface area contributed by atoms with Gasteiger partial charge in [0.25, 0.3) is 5.91 Å². The monoisotopic (exact) mass is 238 g/mol. The highest BCUT2D eigenvalue weighted by Crippen LogP contribution is 2.19. The molecule has 0 radical (unpaired) electrons. The lowest BCUT2D eigenvalue weighted by molar-refractivity contribution is 0.0770. The summed E-state index contributed by atoms with van der Waals surface area (Å²) >= 11 is 0. The van der Waals surface area contributed by atoms with Crippen LogP contribution in [-0.4, -0.2) is 42.6 Å². The molecular formula is C12H15FN2O2. The molecule has 2 rings (SSSR count). The van der Waals surface area contributed by atoms with E-state index < -0.39 is 5.95 Å². The van der Waals surface area contributed by atoms with Gasteiger partial charge in [-0.3, -0.25) is 4.79 Å². The quantitative estimate of drug-likeness (QED) is 0.746. The number of methoxy groups -OCH3 is 1. The number of carbonyl (C=O) groups is 1. The Morgan fingerprint density at radius 1 is 1.71 bits per heavy atom. The maximum absolute atomic E-state index is 13.4. The summed E-state index contributed by atoms with van der Waals surface area (Å²) in [5.74, 6) is -0.634. The second-order valence-electron chi connectivity index (χ2n) is 4.20. The van der Waals surface area contributed by atoms with Crippen molar-refractivity contribution in [3.8, 4) is 0 Å². The molecule has 0 aromatic carbocycles. The largest absolute Gasteiger partial charge is 0.384 e. The van der Waals surface area contributed by atoms with E-state index >= 15 is 0 Å². The first-order chi connectivity index (χ1) is 8.22. The number of aromatic nitrogens is 1. The smallest absolute Gasteiger partial charge is 0.258 e. The SMILES string of the molecule is COCC1CCN(C(=O)c2cccnc2F)C1. The molecule has 92 valence electrons. The van der Waals surface area contributed by atoms with Gasteiger partial charge in [-0.25, -0.2) is 4.98 Å². The zero-order valence-corrected chi connectivity index (χ0v) is 9.73. The second kappa shape index (κ2) is 5.23. The summed E-state index contributed by atoms with van der Waals surface area (Å²) in [6.45, 7) is 1.92. The van der Waals surface area contributed by atoms with E-state index in [-0.39, 0.29) is 11.5 Å². The minimum Gasteiger partial charge on any atom is -0.384 e. The molecule has 0 spiro atoms. The molecule has 4 nitrogen and oxygen atoms in total. The number of nitrogens with zero attached hydrogens (tertiary/aromatic N) is 2. The van der Waals surface area contributed by atoms with Crippen molar-refractivity contribution >= 4 is 5.91 Å². The molecule has 1 atom stereocenters. The lowest BCUT2D eigenvalue weighted by Gasteiger charge is -2.16. The van der Waals surface area contributed by atoms with Crippen LogP contribution >= 0.6 is 0 Å². The summed E-state index contributed by atoms with van der Waals surface area (Å²) < 4.78 is 18.4. The van der Waals surface area contributed by atoms with E-state index in [0.29, 0.717) is 25.6 Å². The molecule has 1 aliphatic heterocycles. The Bertz CT molecular complexity index is 411. The minimum absolute atomic E-state index is 0.0468. The Balaban J connectivity index is 2.05. The van der Waals surface area contributed by atoms with Crippen molar-refractivity contribution in [3.05, 3.63) is 29.8 Å². The number of carbonyl (C=O) groups excluding carboxylic acids is 1. The van der Waals surface area contributed by atoms with E-state index in [1.165, 1.54) is 12.3 Å². The standard InChI is InChI=1S/C12H15FN2O2/c1-17-8-9-4-6-15(7-9)12(16)10-3-2-5-14-11(10)13/h2-3,5,9H,4,6-8H2,1H3. The van der Waals surface area contributed by atoms with Crippen molar-refractivity contribution in [1.82, 2.24) is 9.88 Å². The van der Waals surface area contributed by atoms with E-state index in [0.717, 1.165) is 6.42 Å². The van der Waals surface area contributed by atoms with Crippen LogP contribution in [0.3, 0.4) is 0 Å². The first kappa shape index (κ1) is 12.0. The summed E-state index contributed by atoms with van der Waals surface area (Å²) in [7, 11) is 1.64. The molecule has 0 saturated carbocycles. The van der Waals surface area contributed by atoms with Crippen LogP contribution in [0.25, 0.3) is 0 Å². The Kier molecular flexibility index (Phi) is 3.68. The van der Waals surface area contributed by atoms with Crippen LogP contribution in [-0.2, 0) is 4.74 Å². The van der Waals surface area contributed by atoms with E-state index in [4.69, 9.17) is 4.74 Å². The molecule has 2 heterocycles. The molecule has 17 heavy (non-hydrogen) atoms. The average molecular weight is 238 g/mol. The van der Waals surface area contributed by atoms with Gasteiger partial charge in [-0.1, -0.05) is 0 Å². The predicted molar refractivity (Wildman–Crippen MR) is 60.1 cm³/mol. The highest BCUT2D eigenvalue weighted by molar-refractivity contribution is 5.94. The Morgan fingerprint density at radius 2 is 2.53 bits per heavy atom. The normalized spacial score (nSPS) is 19.6. The molecule has 1 unspecified atom stereocenters. The molecular weight excluding hydrogens is 223 g/mol. The molecule has 0 aliphatic carbocycles. The third kappa shape index (κ3) is 2.61. The van der Waals surface area contributed by atoms with Gasteiger partial charge in [0.1, 0.15) is 0 Å². The molecule has 1 aliphatic rings. The van der Waals surface area contributed by atoms with Crippen molar-refractivity contribution in [2.24, 2.45) is 5.92 Å². The number of hydrogen-bond donors (Lipinski definition) is 0. The van der Waals surface area contributed by atoms with Crippen LogP contribution < -0.4 is 0 Å². The Labute approximate surface area is 99.4 Å². The average Bonchev–Trinajstić information content (AvgIpc) is 2.78. The van der Waals surface area contributed by atoms with Crippen LogP contribution in [0.5, 0.6) is 0 Å². The van der Waals surface area contributed by atoms with Crippen molar-refractivity contribution in [2.75, 3.05) is 26.8 Å². The summed E-state index contributed by atoms with van der Waals surface area (Å²) in [5, 5.41) is 0. The maximum Gasteiger partial charge on any atom is 0.258 e. The summed E-state index contributed by atoms with van der Waals surface area (Å²) in [6, 6.07) is 3.04. The molecule has 1 aromatic rings. The van der Waals surface area contributed by atoms with Crippen LogP contribution in [0.2, 0.25) is 0 Å². The topological polar surface area (TPSA) is 42.4 Å². The second-order valence-corrected chi connectivity index (χ2v) is 4.20. The van der Waals surface area contributed by atoms with Crippen LogP contribution in [0.4, 0.5) is 4.39 Å². The number of pyridine rings is 1. The zero-order chi connectivity index (χ0) is 12.3. The summed E-state index contributed by atoms with van der Waals surface area (Å²) in [6.07, 6.45) is 2.24. The van der Waals surface area contributed by atoms with Crippen LogP contribution in [0.15, 0.2) is 18.3 Å². The highest BCUT2D eigenvalue weighted by Gasteiger charge is 2.28. The first-order valence-corrected chi connectivity index (χ1v) is 5.61. The predicted octanol–water partition coefficient (Wildman–Crippen LogP) is 1.33. The van der Waals surface area contributed by atoms with E-state index in [2.05, 4.69) is 4.98 Å². The molecule has 1 saturated heterocycles. The number of halogens is 1. The lowest BCUT2D eigenvalue weighted by Crippen LogP contribution is -2.30. The van der Waals surface area contributed by atoms with Gasteiger partial charge in [-0.2, -0.15) is 4.39 Å². The zero-order valence-electron chi connectivity index (χ0n) is 9.73. The fraction of sp³-hybridized carbons (Fsp3) is 0.500. The van der Waals surface area contributed by atoms with E-state index in [1.54, 1.807) is 18.1 Å². The molecule has 1 fully saturated rings. The van der Waals surface area contributed by atoms with Gasteiger partial charge in [-0.05, 0) is 18.6 Å². The number of amides is 1. The van der Waals surface area contributed by atoms with Crippen molar-refractivity contribution in [1.29, 1.82) is 0 Å². The summed E-state index contributed by atoms with van der Waals surface area (Å²) in [4.78, 5) is 17.2. The van der Waals surface area contributed by atoms with Gasteiger partial charge in [0.05, 0.1) is 12.2 Å².